The molecule has 28 heavy (non-hydrogen) atoms. The van der Waals surface area contributed by atoms with Crippen molar-refractivity contribution in [2.24, 2.45) is 0 Å². The summed E-state index contributed by atoms with van der Waals surface area (Å²) in [5.41, 5.74) is 0. The van der Waals surface area contributed by atoms with E-state index in [1.165, 1.54) is 94.8 Å². The predicted octanol–water partition coefficient (Wildman–Crippen LogP) is 5.24. The summed E-state index contributed by atoms with van der Waals surface area (Å²) in [4.78, 5) is 13.3. The zero-order valence-electron chi connectivity index (χ0n) is 18.6. The van der Waals surface area contributed by atoms with Gasteiger partial charge in [-0.1, -0.05) is 103 Å². The molecule has 0 spiro atoms. The minimum absolute atomic E-state index is 0.0769. The lowest BCUT2D eigenvalue weighted by Gasteiger charge is -2.21. The highest BCUT2D eigenvalue weighted by atomic mass is 16.3. The molecule has 5 nitrogen and oxygen atoms in total. The standard InChI is InChI=1S/C23H48N2O3/c1-2-3-4-5-6-7-8-9-10-11-12-13-14-15-16-17-18-24-23(28)25(19-21-26)20-22-27/h26-27H,2-22H2,1H3,(H,24,28). The average Bonchev–Trinajstić information content (AvgIpc) is 2.70. The summed E-state index contributed by atoms with van der Waals surface area (Å²) in [6, 6.07) is -0.191. The molecule has 0 aliphatic rings. The third-order valence-corrected chi connectivity index (χ3v) is 5.33. The van der Waals surface area contributed by atoms with Crippen LogP contribution < -0.4 is 5.32 Å². The quantitative estimate of drug-likeness (QED) is 0.231. The first-order chi connectivity index (χ1) is 13.8. The van der Waals surface area contributed by atoms with Crippen LogP contribution in [0.5, 0.6) is 0 Å². The Labute approximate surface area is 174 Å². The molecular formula is C23H48N2O3. The van der Waals surface area contributed by atoms with Gasteiger partial charge in [0.25, 0.3) is 0 Å². The van der Waals surface area contributed by atoms with Crippen molar-refractivity contribution >= 4 is 6.03 Å². The Bertz CT molecular complexity index is 321. The van der Waals surface area contributed by atoms with Gasteiger partial charge in [0.15, 0.2) is 0 Å². The number of unbranched alkanes of at least 4 members (excludes halogenated alkanes) is 15. The first-order valence-corrected chi connectivity index (χ1v) is 12.0. The number of hydrogen-bond acceptors (Lipinski definition) is 3. The summed E-state index contributed by atoms with van der Waals surface area (Å²) in [5, 5.41) is 20.7. The van der Waals surface area contributed by atoms with Crippen molar-refractivity contribution in [2.75, 3.05) is 32.8 Å². The second kappa shape index (κ2) is 22.5. The van der Waals surface area contributed by atoms with E-state index in [9.17, 15) is 4.79 Å². The topological polar surface area (TPSA) is 72.8 Å². The van der Waals surface area contributed by atoms with Gasteiger partial charge in [-0.15, -0.1) is 0 Å². The van der Waals surface area contributed by atoms with Crippen LogP contribution in [0, 0.1) is 0 Å². The van der Waals surface area contributed by atoms with Gasteiger partial charge in [-0.25, -0.2) is 4.79 Å². The molecule has 0 aromatic rings. The number of rotatable bonds is 21. The number of hydrogen-bond donors (Lipinski definition) is 3. The van der Waals surface area contributed by atoms with Crippen LogP contribution in [0.25, 0.3) is 0 Å². The van der Waals surface area contributed by atoms with E-state index in [0.717, 1.165) is 12.8 Å². The molecule has 5 heteroatoms. The zero-order valence-corrected chi connectivity index (χ0v) is 18.6. The highest BCUT2D eigenvalue weighted by Gasteiger charge is 2.10. The van der Waals surface area contributed by atoms with Crippen LogP contribution in [0.15, 0.2) is 0 Å². The van der Waals surface area contributed by atoms with Crippen LogP contribution in [0.1, 0.15) is 110 Å². The molecule has 0 unspecified atom stereocenters. The molecule has 0 aliphatic heterocycles. The third kappa shape index (κ3) is 18.5. The lowest BCUT2D eigenvalue weighted by molar-refractivity contribution is 0.158. The summed E-state index contributed by atoms with van der Waals surface area (Å²) < 4.78 is 0. The van der Waals surface area contributed by atoms with Gasteiger partial charge in [-0.2, -0.15) is 0 Å². The van der Waals surface area contributed by atoms with E-state index in [2.05, 4.69) is 12.2 Å². The predicted molar refractivity (Wildman–Crippen MR) is 119 cm³/mol. The monoisotopic (exact) mass is 400 g/mol. The van der Waals surface area contributed by atoms with Gasteiger partial charge < -0.3 is 20.4 Å². The molecule has 0 aromatic carbocycles. The number of urea groups is 1. The van der Waals surface area contributed by atoms with Crippen LogP contribution in [0.2, 0.25) is 0 Å². The smallest absolute Gasteiger partial charge is 0.317 e. The number of aliphatic hydroxyl groups is 2. The van der Waals surface area contributed by atoms with Crippen molar-refractivity contribution in [1.29, 1.82) is 0 Å². The van der Waals surface area contributed by atoms with E-state index in [4.69, 9.17) is 10.2 Å². The maximum Gasteiger partial charge on any atom is 0.317 e. The summed E-state index contributed by atoms with van der Waals surface area (Å²) in [6.07, 6.45) is 21.5. The molecule has 0 aliphatic carbocycles. The Balaban J connectivity index is 3.26. The van der Waals surface area contributed by atoms with Gasteiger partial charge in [-0.3, -0.25) is 0 Å². The maximum atomic E-state index is 11.9. The fourth-order valence-corrected chi connectivity index (χ4v) is 3.54. The largest absolute Gasteiger partial charge is 0.395 e. The van der Waals surface area contributed by atoms with Crippen molar-refractivity contribution in [2.45, 2.75) is 110 Å². The maximum absolute atomic E-state index is 11.9. The molecule has 2 amide bonds. The molecule has 0 radical (unpaired) electrons. The van der Waals surface area contributed by atoms with Gasteiger partial charge in [0.1, 0.15) is 0 Å². The normalized spacial score (nSPS) is 11.0. The van der Waals surface area contributed by atoms with E-state index in [1.54, 1.807) is 0 Å². The van der Waals surface area contributed by atoms with E-state index in [0.29, 0.717) is 6.54 Å². The van der Waals surface area contributed by atoms with Crippen molar-refractivity contribution in [3.63, 3.8) is 0 Å². The Hall–Kier alpha value is -0.810. The molecule has 0 heterocycles. The average molecular weight is 401 g/mol. The zero-order chi connectivity index (χ0) is 20.7. The minimum Gasteiger partial charge on any atom is -0.395 e. The SMILES string of the molecule is CCCCCCCCCCCCCCCCCCNC(=O)N(CCO)CCO. The summed E-state index contributed by atoms with van der Waals surface area (Å²) in [6.45, 7) is 3.33. The molecule has 0 fully saturated rings. The molecule has 0 rings (SSSR count). The second-order valence-electron chi connectivity index (χ2n) is 7.97. The molecular weight excluding hydrogens is 352 g/mol. The summed E-state index contributed by atoms with van der Waals surface area (Å²) >= 11 is 0. The van der Waals surface area contributed by atoms with Gasteiger partial charge in [0.2, 0.25) is 0 Å². The molecule has 0 bridgehead atoms. The van der Waals surface area contributed by atoms with E-state index >= 15 is 0 Å². The number of carbonyl (C=O) groups is 1. The van der Waals surface area contributed by atoms with Crippen LogP contribution in [0.4, 0.5) is 4.79 Å². The number of aliphatic hydroxyl groups excluding tert-OH is 2. The Morgan fingerprint density at radius 2 is 1.00 bits per heavy atom. The minimum atomic E-state index is -0.191. The first-order valence-electron chi connectivity index (χ1n) is 12.0. The van der Waals surface area contributed by atoms with E-state index < -0.39 is 0 Å². The second-order valence-corrected chi connectivity index (χ2v) is 7.97. The van der Waals surface area contributed by atoms with Crippen molar-refractivity contribution < 1.29 is 15.0 Å². The molecule has 3 N–H and O–H groups in total. The molecule has 168 valence electrons. The highest BCUT2D eigenvalue weighted by molar-refractivity contribution is 5.74. The fourth-order valence-electron chi connectivity index (χ4n) is 3.54. The number of amides is 2. The van der Waals surface area contributed by atoms with E-state index in [-0.39, 0.29) is 32.3 Å². The number of nitrogens with one attached hydrogen (secondary N) is 1. The first kappa shape index (κ1) is 27.2. The number of carbonyl (C=O) groups excluding carboxylic acids is 1. The Kier molecular flexibility index (Phi) is 21.8. The van der Waals surface area contributed by atoms with E-state index in [1.807, 2.05) is 0 Å². The van der Waals surface area contributed by atoms with Crippen LogP contribution in [-0.2, 0) is 0 Å². The summed E-state index contributed by atoms with van der Waals surface area (Å²) in [5.74, 6) is 0. The van der Waals surface area contributed by atoms with Crippen molar-refractivity contribution in [1.82, 2.24) is 10.2 Å². The van der Waals surface area contributed by atoms with Gasteiger partial charge in [0, 0.05) is 19.6 Å². The van der Waals surface area contributed by atoms with Crippen LogP contribution >= 0.6 is 0 Å². The van der Waals surface area contributed by atoms with Crippen molar-refractivity contribution in [3.8, 4) is 0 Å². The van der Waals surface area contributed by atoms with Crippen LogP contribution in [0.3, 0.4) is 0 Å². The van der Waals surface area contributed by atoms with Crippen molar-refractivity contribution in [3.05, 3.63) is 0 Å². The third-order valence-electron chi connectivity index (χ3n) is 5.33. The Morgan fingerprint density at radius 1 is 0.643 bits per heavy atom. The lowest BCUT2D eigenvalue weighted by Crippen LogP contribution is -2.43. The molecule has 0 aromatic heterocycles. The van der Waals surface area contributed by atoms with Crippen LogP contribution in [-0.4, -0.2) is 54.0 Å². The van der Waals surface area contributed by atoms with Gasteiger partial charge >= 0.3 is 6.03 Å². The highest BCUT2D eigenvalue weighted by Crippen LogP contribution is 2.13. The number of nitrogens with zero attached hydrogens (tertiary/aromatic N) is 1. The molecule has 0 atom stereocenters. The fraction of sp³-hybridized carbons (Fsp3) is 0.957. The molecule has 0 saturated carbocycles. The van der Waals surface area contributed by atoms with Gasteiger partial charge in [0.05, 0.1) is 13.2 Å². The lowest BCUT2D eigenvalue weighted by atomic mass is 10.0. The molecule has 0 saturated heterocycles. The summed E-state index contributed by atoms with van der Waals surface area (Å²) in [7, 11) is 0. The Morgan fingerprint density at radius 3 is 1.36 bits per heavy atom. The van der Waals surface area contributed by atoms with Gasteiger partial charge in [-0.05, 0) is 6.42 Å².